The van der Waals surface area contributed by atoms with Gasteiger partial charge in [0.2, 0.25) is 0 Å². The number of furan rings is 1. The SMILES string of the molecule is CCCCNC(=O)/C(=C/c1ccc(-c2cccc(C(F)(F)F)c2)o1)NC(=O)c1ccc(OC)cc1. The molecule has 0 unspecified atom stereocenters. The molecule has 184 valence electrons. The molecule has 0 aliphatic heterocycles. The van der Waals surface area contributed by atoms with E-state index < -0.39 is 23.6 Å². The summed E-state index contributed by atoms with van der Waals surface area (Å²) in [5, 5.41) is 5.32. The van der Waals surface area contributed by atoms with Gasteiger partial charge in [-0.05, 0) is 55.0 Å². The van der Waals surface area contributed by atoms with Gasteiger partial charge in [-0.1, -0.05) is 25.5 Å². The summed E-state index contributed by atoms with van der Waals surface area (Å²) in [4.78, 5) is 25.5. The molecule has 0 aliphatic carbocycles. The van der Waals surface area contributed by atoms with Crippen molar-refractivity contribution in [2.24, 2.45) is 0 Å². The molecule has 1 heterocycles. The predicted molar refractivity (Wildman–Crippen MR) is 126 cm³/mol. The first-order valence-electron chi connectivity index (χ1n) is 10.9. The van der Waals surface area contributed by atoms with Crippen molar-refractivity contribution in [1.29, 1.82) is 0 Å². The van der Waals surface area contributed by atoms with Gasteiger partial charge in [-0.2, -0.15) is 13.2 Å². The van der Waals surface area contributed by atoms with Gasteiger partial charge in [0.25, 0.3) is 11.8 Å². The summed E-state index contributed by atoms with van der Waals surface area (Å²) in [5.41, 5.74) is -0.323. The maximum Gasteiger partial charge on any atom is 0.416 e. The highest BCUT2D eigenvalue weighted by molar-refractivity contribution is 6.05. The topological polar surface area (TPSA) is 80.6 Å². The maximum absolute atomic E-state index is 13.0. The van der Waals surface area contributed by atoms with E-state index in [1.54, 1.807) is 24.3 Å². The largest absolute Gasteiger partial charge is 0.497 e. The highest BCUT2D eigenvalue weighted by Gasteiger charge is 2.30. The standard InChI is InChI=1S/C26H25F3N2O4/c1-3-4-14-30-25(33)22(31-24(32)17-8-10-20(34-2)11-9-17)16-21-12-13-23(35-21)18-6-5-7-19(15-18)26(27,28)29/h5-13,15-16H,3-4,14H2,1-2H3,(H,30,33)(H,31,32)/b22-16-. The van der Waals surface area contributed by atoms with Crippen LogP contribution in [0.5, 0.6) is 5.75 Å². The Morgan fingerprint density at radius 1 is 1.06 bits per heavy atom. The number of ether oxygens (including phenoxy) is 1. The van der Waals surface area contributed by atoms with Crippen LogP contribution in [0.2, 0.25) is 0 Å². The van der Waals surface area contributed by atoms with Crippen molar-refractivity contribution < 1.29 is 31.9 Å². The highest BCUT2D eigenvalue weighted by Crippen LogP contribution is 2.32. The summed E-state index contributed by atoms with van der Waals surface area (Å²) in [6.07, 6.45) is -1.53. The molecule has 9 heteroatoms. The fourth-order valence-corrected chi connectivity index (χ4v) is 3.15. The number of hydrogen-bond donors (Lipinski definition) is 2. The minimum atomic E-state index is -4.49. The van der Waals surface area contributed by atoms with E-state index in [2.05, 4.69) is 10.6 Å². The first-order chi connectivity index (χ1) is 16.7. The average Bonchev–Trinajstić information content (AvgIpc) is 3.32. The quantitative estimate of drug-likeness (QED) is 0.302. The van der Waals surface area contributed by atoms with Gasteiger partial charge in [-0.3, -0.25) is 9.59 Å². The normalized spacial score (nSPS) is 11.7. The van der Waals surface area contributed by atoms with Crippen molar-refractivity contribution >= 4 is 17.9 Å². The van der Waals surface area contributed by atoms with Gasteiger partial charge in [0.15, 0.2) is 0 Å². The van der Waals surface area contributed by atoms with Crippen molar-refractivity contribution in [2.75, 3.05) is 13.7 Å². The van der Waals surface area contributed by atoms with Crippen molar-refractivity contribution in [3.63, 3.8) is 0 Å². The molecule has 1 aromatic heterocycles. The fraction of sp³-hybridized carbons (Fsp3) is 0.231. The molecule has 0 fully saturated rings. The molecular weight excluding hydrogens is 461 g/mol. The van der Waals surface area contributed by atoms with Crippen LogP contribution in [0.4, 0.5) is 13.2 Å². The second-order valence-corrected chi connectivity index (χ2v) is 7.63. The third-order valence-electron chi connectivity index (χ3n) is 5.05. The van der Waals surface area contributed by atoms with Gasteiger partial charge >= 0.3 is 6.18 Å². The van der Waals surface area contributed by atoms with Crippen molar-refractivity contribution in [2.45, 2.75) is 25.9 Å². The smallest absolute Gasteiger partial charge is 0.416 e. The van der Waals surface area contributed by atoms with Crippen LogP contribution in [-0.2, 0) is 11.0 Å². The molecule has 0 atom stereocenters. The summed E-state index contributed by atoms with van der Waals surface area (Å²) in [5.74, 6) is -0.0819. The predicted octanol–water partition coefficient (Wildman–Crippen LogP) is 5.66. The molecule has 2 aromatic carbocycles. The molecule has 2 N–H and O–H groups in total. The van der Waals surface area contributed by atoms with E-state index in [9.17, 15) is 22.8 Å². The number of carbonyl (C=O) groups excluding carboxylic acids is 2. The average molecular weight is 486 g/mol. The number of rotatable bonds is 9. The number of methoxy groups -OCH3 is 1. The van der Waals surface area contributed by atoms with Crippen molar-refractivity contribution in [3.05, 3.63) is 83.2 Å². The van der Waals surface area contributed by atoms with Crippen LogP contribution in [-0.4, -0.2) is 25.5 Å². The number of hydrogen-bond acceptors (Lipinski definition) is 4. The number of carbonyl (C=O) groups is 2. The molecule has 0 saturated heterocycles. The monoisotopic (exact) mass is 486 g/mol. The first-order valence-corrected chi connectivity index (χ1v) is 10.9. The molecule has 35 heavy (non-hydrogen) atoms. The van der Waals surface area contributed by atoms with E-state index in [4.69, 9.17) is 9.15 Å². The summed E-state index contributed by atoms with van der Waals surface area (Å²) in [7, 11) is 1.51. The fourth-order valence-electron chi connectivity index (χ4n) is 3.15. The second-order valence-electron chi connectivity index (χ2n) is 7.63. The van der Waals surface area contributed by atoms with Gasteiger partial charge < -0.3 is 19.8 Å². The Balaban J connectivity index is 1.86. The van der Waals surface area contributed by atoms with E-state index in [0.29, 0.717) is 17.9 Å². The Morgan fingerprint density at radius 2 is 1.80 bits per heavy atom. The van der Waals surface area contributed by atoms with Crippen LogP contribution in [0.3, 0.4) is 0 Å². The molecule has 2 amide bonds. The maximum atomic E-state index is 13.0. The lowest BCUT2D eigenvalue weighted by atomic mass is 10.1. The zero-order valence-corrected chi connectivity index (χ0v) is 19.2. The summed E-state index contributed by atoms with van der Waals surface area (Å²) in [6, 6.07) is 14.1. The molecule has 0 saturated carbocycles. The number of alkyl halides is 3. The molecule has 0 aliphatic rings. The minimum absolute atomic E-state index is 0.0631. The van der Waals surface area contributed by atoms with Gasteiger partial charge in [0, 0.05) is 23.7 Å². The van der Waals surface area contributed by atoms with Crippen LogP contribution in [0.25, 0.3) is 17.4 Å². The number of benzene rings is 2. The van der Waals surface area contributed by atoms with Crippen LogP contribution in [0.1, 0.15) is 41.4 Å². The summed E-state index contributed by atoms with van der Waals surface area (Å²) in [6.45, 7) is 2.39. The van der Waals surface area contributed by atoms with Crippen molar-refractivity contribution in [1.82, 2.24) is 10.6 Å². The third kappa shape index (κ3) is 6.99. The first kappa shape index (κ1) is 25.6. The molecule has 0 radical (unpaired) electrons. The Hall–Kier alpha value is -4.01. The number of nitrogens with one attached hydrogen (secondary N) is 2. The zero-order chi connectivity index (χ0) is 25.4. The number of amides is 2. The van der Waals surface area contributed by atoms with Crippen LogP contribution < -0.4 is 15.4 Å². The van der Waals surface area contributed by atoms with E-state index in [1.165, 1.54) is 37.5 Å². The van der Waals surface area contributed by atoms with Crippen LogP contribution in [0.15, 0.2) is 70.8 Å². The number of unbranched alkanes of at least 4 members (excludes halogenated alkanes) is 1. The van der Waals surface area contributed by atoms with E-state index in [-0.39, 0.29) is 22.8 Å². The Kier molecular flexibility index (Phi) is 8.35. The van der Waals surface area contributed by atoms with Crippen LogP contribution in [0, 0.1) is 0 Å². The van der Waals surface area contributed by atoms with E-state index in [0.717, 1.165) is 25.0 Å². The molecule has 0 spiro atoms. The highest BCUT2D eigenvalue weighted by atomic mass is 19.4. The lowest BCUT2D eigenvalue weighted by Crippen LogP contribution is -2.35. The van der Waals surface area contributed by atoms with E-state index >= 15 is 0 Å². The Morgan fingerprint density at radius 3 is 2.46 bits per heavy atom. The third-order valence-corrected chi connectivity index (χ3v) is 5.05. The molecule has 3 aromatic rings. The van der Waals surface area contributed by atoms with Gasteiger partial charge in [0.1, 0.15) is 23.0 Å². The Labute approximate surface area is 200 Å². The van der Waals surface area contributed by atoms with E-state index in [1.807, 2.05) is 6.92 Å². The molecule has 3 rings (SSSR count). The summed E-state index contributed by atoms with van der Waals surface area (Å²) >= 11 is 0. The van der Waals surface area contributed by atoms with Gasteiger partial charge in [0.05, 0.1) is 12.7 Å². The minimum Gasteiger partial charge on any atom is -0.497 e. The Bertz CT molecular complexity index is 1200. The van der Waals surface area contributed by atoms with Crippen molar-refractivity contribution in [3.8, 4) is 17.1 Å². The van der Waals surface area contributed by atoms with Gasteiger partial charge in [-0.25, -0.2) is 0 Å². The van der Waals surface area contributed by atoms with Gasteiger partial charge in [-0.15, -0.1) is 0 Å². The molecule has 6 nitrogen and oxygen atoms in total. The summed E-state index contributed by atoms with van der Waals surface area (Å²) < 4.78 is 49.9. The number of halogens is 3. The molecule has 0 bridgehead atoms. The zero-order valence-electron chi connectivity index (χ0n) is 19.2. The lowest BCUT2D eigenvalue weighted by molar-refractivity contribution is -0.137. The van der Waals surface area contributed by atoms with Crippen LogP contribution >= 0.6 is 0 Å². The molecular formula is C26H25F3N2O4. The second kappa shape index (κ2) is 11.4. The lowest BCUT2D eigenvalue weighted by Gasteiger charge is -2.11.